The topological polar surface area (TPSA) is 35.2 Å². The Labute approximate surface area is 81.4 Å². The fourth-order valence-corrected chi connectivity index (χ4v) is 1.35. The zero-order valence-corrected chi connectivity index (χ0v) is 8.23. The van der Waals surface area contributed by atoms with Gasteiger partial charge in [-0.3, -0.25) is 0 Å². The van der Waals surface area contributed by atoms with Crippen molar-refractivity contribution in [3.05, 3.63) is 28.5 Å². The van der Waals surface area contributed by atoms with Crippen LogP contribution < -0.4 is 10.5 Å². The van der Waals surface area contributed by atoms with E-state index in [0.717, 1.165) is 0 Å². The maximum absolute atomic E-state index is 13.2. The van der Waals surface area contributed by atoms with Crippen LogP contribution in [0.3, 0.4) is 0 Å². The van der Waals surface area contributed by atoms with Gasteiger partial charge in [-0.25, -0.2) is 4.39 Å². The summed E-state index contributed by atoms with van der Waals surface area (Å²) in [4.78, 5) is 0. The van der Waals surface area contributed by atoms with Gasteiger partial charge in [0.15, 0.2) is 11.6 Å². The van der Waals surface area contributed by atoms with E-state index in [4.69, 9.17) is 22.1 Å². The maximum Gasteiger partial charge on any atom is 0.166 e. The molecule has 0 saturated carbocycles. The van der Waals surface area contributed by atoms with Crippen LogP contribution in [0.15, 0.2) is 12.1 Å². The Balaban J connectivity index is 3.29. The lowest BCUT2D eigenvalue weighted by atomic mass is 10.1. The van der Waals surface area contributed by atoms with Crippen LogP contribution in [0, 0.1) is 5.82 Å². The highest BCUT2D eigenvalue weighted by Crippen LogP contribution is 2.30. The lowest BCUT2D eigenvalue weighted by Crippen LogP contribution is -2.08. The molecule has 72 valence electrons. The minimum atomic E-state index is -0.484. The van der Waals surface area contributed by atoms with Gasteiger partial charge in [-0.2, -0.15) is 0 Å². The van der Waals surface area contributed by atoms with E-state index in [1.807, 2.05) is 0 Å². The van der Waals surface area contributed by atoms with Crippen molar-refractivity contribution in [1.82, 2.24) is 0 Å². The van der Waals surface area contributed by atoms with E-state index in [2.05, 4.69) is 0 Å². The summed E-state index contributed by atoms with van der Waals surface area (Å²) in [7, 11) is 1.40. The van der Waals surface area contributed by atoms with E-state index < -0.39 is 5.82 Å². The molecule has 0 radical (unpaired) electrons. The second kappa shape index (κ2) is 3.94. The molecule has 0 aromatic heterocycles. The molecule has 4 heteroatoms. The molecular formula is C9H11ClFNO. The number of ether oxygens (including phenoxy) is 1. The summed E-state index contributed by atoms with van der Waals surface area (Å²) in [6.45, 7) is 1.74. The van der Waals surface area contributed by atoms with Gasteiger partial charge in [0, 0.05) is 16.6 Å². The molecule has 13 heavy (non-hydrogen) atoms. The third-order valence-electron chi connectivity index (χ3n) is 1.73. The third kappa shape index (κ3) is 2.11. The predicted molar refractivity (Wildman–Crippen MR) is 50.6 cm³/mol. The van der Waals surface area contributed by atoms with Crippen molar-refractivity contribution in [2.45, 2.75) is 13.0 Å². The van der Waals surface area contributed by atoms with Crippen molar-refractivity contribution >= 4 is 11.6 Å². The van der Waals surface area contributed by atoms with E-state index in [1.54, 1.807) is 13.0 Å². The van der Waals surface area contributed by atoms with Gasteiger partial charge >= 0.3 is 0 Å². The van der Waals surface area contributed by atoms with Crippen LogP contribution in [0.25, 0.3) is 0 Å². The largest absolute Gasteiger partial charge is 0.493 e. The fraction of sp³-hybridized carbons (Fsp3) is 0.333. The molecule has 1 atom stereocenters. The van der Waals surface area contributed by atoms with Crippen molar-refractivity contribution in [2.24, 2.45) is 5.73 Å². The molecule has 0 bridgehead atoms. The van der Waals surface area contributed by atoms with Crippen LogP contribution in [0.4, 0.5) is 4.39 Å². The number of hydrogen-bond donors (Lipinski definition) is 1. The van der Waals surface area contributed by atoms with Crippen molar-refractivity contribution < 1.29 is 9.13 Å². The molecule has 0 aliphatic heterocycles. The molecular weight excluding hydrogens is 193 g/mol. The first-order valence-corrected chi connectivity index (χ1v) is 4.22. The smallest absolute Gasteiger partial charge is 0.166 e. The SMILES string of the molecule is COc1c(F)cc(Cl)cc1C(C)N. The monoisotopic (exact) mass is 203 g/mol. The zero-order chi connectivity index (χ0) is 10.0. The molecule has 0 spiro atoms. The summed E-state index contributed by atoms with van der Waals surface area (Å²) in [5.41, 5.74) is 6.20. The molecule has 0 fully saturated rings. The lowest BCUT2D eigenvalue weighted by Gasteiger charge is -2.12. The Morgan fingerprint density at radius 1 is 1.54 bits per heavy atom. The molecule has 0 saturated heterocycles. The van der Waals surface area contributed by atoms with Crippen LogP contribution in [0.5, 0.6) is 5.75 Å². The standard InChI is InChI=1S/C9H11ClFNO/c1-5(12)7-3-6(10)4-8(11)9(7)13-2/h3-5H,12H2,1-2H3. The van der Waals surface area contributed by atoms with Crippen molar-refractivity contribution in [3.63, 3.8) is 0 Å². The molecule has 1 aromatic carbocycles. The maximum atomic E-state index is 13.2. The Morgan fingerprint density at radius 3 is 2.62 bits per heavy atom. The highest BCUT2D eigenvalue weighted by molar-refractivity contribution is 6.30. The lowest BCUT2D eigenvalue weighted by molar-refractivity contribution is 0.379. The van der Waals surface area contributed by atoms with Crippen LogP contribution in [-0.2, 0) is 0 Å². The van der Waals surface area contributed by atoms with E-state index in [9.17, 15) is 4.39 Å². The summed E-state index contributed by atoms with van der Waals surface area (Å²) in [5, 5.41) is 0.325. The quantitative estimate of drug-likeness (QED) is 0.802. The van der Waals surface area contributed by atoms with E-state index >= 15 is 0 Å². The first-order chi connectivity index (χ1) is 6.06. The minimum Gasteiger partial charge on any atom is -0.493 e. The van der Waals surface area contributed by atoms with Gasteiger partial charge in [-0.15, -0.1) is 0 Å². The number of nitrogens with two attached hydrogens (primary N) is 1. The van der Waals surface area contributed by atoms with Gasteiger partial charge in [-0.05, 0) is 19.1 Å². The molecule has 2 nitrogen and oxygen atoms in total. The van der Waals surface area contributed by atoms with E-state index in [1.165, 1.54) is 13.2 Å². The molecule has 0 heterocycles. The summed E-state index contributed by atoms with van der Waals surface area (Å²) < 4.78 is 18.1. The average molecular weight is 204 g/mol. The second-order valence-electron chi connectivity index (χ2n) is 2.80. The Kier molecular flexibility index (Phi) is 3.12. The number of rotatable bonds is 2. The number of benzene rings is 1. The highest BCUT2D eigenvalue weighted by atomic mass is 35.5. The summed E-state index contributed by atoms with van der Waals surface area (Å²) in [6, 6.07) is 2.50. The average Bonchev–Trinajstić information content (AvgIpc) is 2.02. The zero-order valence-electron chi connectivity index (χ0n) is 7.47. The molecule has 0 aliphatic rings. The third-order valence-corrected chi connectivity index (χ3v) is 1.95. The number of methoxy groups -OCH3 is 1. The summed E-state index contributed by atoms with van der Waals surface area (Å²) in [5.74, 6) is -0.318. The van der Waals surface area contributed by atoms with Crippen molar-refractivity contribution in [3.8, 4) is 5.75 Å². The summed E-state index contributed by atoms with van der Waals surface area (Å²) >= 11 is 5.67. The van der Waals surface area contributed by atoms with Crippen LogP contribution in [-0.4, -0.2) is 7.11 Å². The summed E-state index contributed by atoms with van der Waals surface area (Å²) in [6.07, 6.45) is 0. The fourth-order valence-electron chi connectivity index (χ4n) is 1.13. The molecule has 0 aliphatic carbocycles. The highest BCUT2D eigenvalue weighted by Gasteiger charge is 2.13. The van der Waals surface area contributed by atoms with E-state index in [0.29, 0.717) is 10.6 Å². The van der Waals surface area contributed by atoms with Crippen LogP contribution >= 0.6 is 11.6 Å². The van der Waals surface area contributed by atoms with Gasteiger partial charge in [-0.1, -0.05) is 11.6 Å². The molecule has 1 rings (SSSR count). The molecule has 0 amide bonds. The van der Waals surface area contributed by atoms with Crippen LogP contribution in [0.2, 0.25) is 5.02 Å². The Bertz CT molecular complexity index is 315. The normalized spacial score (nSPS) is 12.7. The van der Waals surface area contributed by atoms with Gasteiger partial charge < -0.3 is 10.5 Å². The predicted octanol–water partition coefficient (Wildman–Crippen LogP) is 2.51. The Morgan fingerprint density at radius 2 is 2.15 bits per heavy atom. The van der Waals surface area contributed by atoms with Crippen molar-refractivity contribution in [2.75, 3.05) is 7.11 Å². The molecule has 2 N–H and O–H groups in total. The molecule has 1 unspecified atom stereocenters. The van der Waals surface area contributed by atoms with Gasteiger partial charge in [0.2, 0.25) is 0 Å². The first kappa shape index (κ1) is 10.3. The van der Waals surface area contributed by atoms with Crippen molar-refractivity contribution in [1.29, 1.82) is 0 Å². The van der Waals surface area contributed by atoms with Crippen LogP contribution in [0.1, 0.15) is 18.5 Å². The van der Waals surface area contributed by atoms with Gasteiger partial charge in [0.05, 0.1) is 7.11 Å². The molecule has 1 aromatic rings. The Hall–Kier alpha value is -0.800. The van der Waals surface area contributed by atoms with Gasteiger partial charge in [0.25, 0.3) is 0 Å². The minimum absolute atomic E-state index is 0.166. The van der Waals surface area contributed by atoms with Gasteiger partial charge in [0.1, 0.15) is 0 Å². The number of halogens is 2. The second-order valence-corrected chi connectivity index (χ2v) is 3.24. The number of hydrogen-bond acceptors (Lipinski definition) is 2. The van der Waals surface area contributed by atoms with E-state index in [-0.39, 0.29) is 11.8 Å². The first-order valence-electron chi connectivity index (χ1n) is 3.84.